The van der Waals surface area contributed by atoms with Gasteiger partial charge >= 0.3 is 0 Å². The first-order valence-electron chi connectivity index (χ1n) is 7.80. The second kappa shape index (κ2) is 7.65. The molecule has 1 aromatic heterocycles. The van der Waals surface area contributed by atoms with E-state index in [4.69, 9.17) is 4.74 Å². The van der Waals surface area contributed by atoms with E-state index in [0.717, 1.165) is 16.8 Å². The summed E-state index contributed by atoms with van der Waals surface area (Å²) in [6.45, 7) is 2.31. The second-order valence-corrected chi connectivity index (χ2v) is 6.09. The van der Waals surface area contributed by atoms with Crippen molar-refractivity contribution in [3.63, 3.8) is 0 Å². The number of rotatable bonds is 5. The molecule has 0 amide bonds. The van der Waals surface area contributed by atoms with Crippen LogP contribution in [0.1, 0.15) is 17.5 Å². The summed E-state index contributed by atoms with van der Waals surface area (Å²) >= 11 is 1.43. The van der Waals surface area contributed by atoms with Gasteiger partial charge in [0.05, 0.1) is 17.9 Å². The van der Waals surface area contributed by atoms with Crippen molar-refractivity contribution in [3.8, 4) is 28.8 Å². The molecular weight excluding hydrogens is 332 g/mol. The number of ether oxygens (including phenoxy) is 1. The number of aromatic hydroxyl groups is 1. The van der Waals surface area contributed by atoms with Crippen LogP contribution in [-0.2, 0) is 0 Å². The summed E-state index contributed by atoms with van der Waals surface area (Å²) < 4.78 is 5.38. The minimum atomic E-state index is 0.0816. The summed E-state index contributed by atoms with van der Waals surface area (Å²) in [5, 5.41) is 21.9. The third kappa shape index (κ3) is 3.87. The average Bonchev–Trinajstić information content (AvgIpc) is 3.13. The zero-order valence-corrected chi connectivity index (χ0v) is 14.5. The molecule has 1 heterocycles. The maximum atomic E-state index is 9.78. The van der Waals surface area contributed by atoms with Crippen molar-refractivity contribution in [1.82, 2.24) is 4.98 Å². The maximum Gasteiger partial charge on any atom is 0.161 e. The number of thiazole rings is 1. The van der Waals surface area contributed by atoms with Crippen molar-refractivity contribution in [2.24, 2.45) is 0 Å². The highest BCUT2D eigenvalue weighted by molar-refractivity contribution is 7.11. The fourth-order valence-corrected chi connectivity index (χ4v) is 3.13. The number of benzene rings is 2. The largest absolute Gasteiger partial charge is 0.504 e. The second-order valence-electron chi connectivity index (χ2n) is 5.23. The maximum absolute atomic E-state index is 9.78. The summed E-state index contributed by atoms with van der Waals surface area (Å²) in [5.74, 6) is 0.482. The highest BCUT2D eigenvalue weighted by Gasteiger charge is 2.10. The number of hydrogen-bond donors (Lipinski definition) is 1. The molecule has 2 aromatic carbocycles. The smallest absolute Gasteiger partial charge is 0.161 e. The average molecular weight is 348 g/mol. The molecule has 0 aliphatic carbocycles. The Morgan fingerprint density at radius 2 is 2.08 bits per heavy atom. The first-order chi connectivity index (χ1) is 12.2. The highest BCUT2D eigenvalue weighted by atomic mass is 32.1. The predicted molar refractivity (Wildman–Crippen MR) is 100 cm³/mol. The Labute approximate surface area is 150 Å². The van der Waals surface area contributed by atoms with Crippen molar-refractivity contribution in [2.75, 3.05) is 6.61 Å². The van der Waals surface area contributed by atoms with E-state index < -0.39 is 0 Å². The van der Waals surface area contributed by atoms with Crippen LogP contribution in [0, 0.1) is 11.3 Å². The fraction of sp³-hybridized carbons (Fsp3) is 0.100. The molecule has 0 aliphatic rings. The Morgan fingerprint density at radius 3 is 2.80 bits per heavy atom. The lowest BCUT2D eigenvalue weighted by atomic mass is 10.1. The van der Waals surface area contributed by atoms with Crippen LogP contribution in [-0.4, -0.2) is 16.7 Å². The molecule has 4 nitrogen and oxygen atoms in total. The van der Waals surface area contributed by atoms with Gasteiger partial charge in [-0.15, -0.1) is 11.3 Å². The van der Waals surface area contributed by atoms with E-state index in [-0.39, 0.29) is 5.75 Å². The molecule has 25 heavy (non-hydrogen) atoms. The standard InChI is InChI=1S/C20H16N2O2S/c1-2-24-19-11-14(8-9-18(19)23)10-16(12-21)20-22-17(13-25-20)15-6-4-3-5-7-15/h3-11,13,23H,2H2,1H3/b16-10-. The zero-order chi connectivity index (χ0) is 17.6. The van der Waals surface area contributed by atoms with Crippen LogP contribution < -0.4 is 4.74 Å². The molecule has 0 aliphatic heterocycles. The molecule has 3 aromatic rings. The Balaban J connectivity index is 1.93. The number of nitrogens with zero attached hydrogens (tertiary/aromatic N) is 2. The van der Waals surface area contributed by atoms with Gasteiger partial charge < -0.3 is 9.84 Å². The summed E-state index contributed by atoms with van der Waals surface area (Å²) in [6.07, 6.45) is 1.75. The molecule has 0 radical (unpaired) electrons. The van der Waals surface area contributed by atoms with Crippen LogP contribution in [0.25, 0.3) is 22.9 Å². The fourth-order valence-electron chi connectivity index (χ4n) is 2.34. The van der Waals surface area contributed by atoms with Gasteiger partial charge in [-0.3, -0.25) is 0 Å². The molecule has 0 saturated carbocycles. The number of phenolic OH excluding ortho intramolecular Hbond substituents is 1. The van der Waals surface area contributed by atoms with Crippen LogP contribution in [0.3, 0.4) is 0 Å². The van der Waals surface area contributed by atoms with Gasteiger partial charge in [0.15, 0.2) is 11.5 Å². The SMILES string of the molecule is CCOc1cc(/C=C(/C#N)c2nc(-c3ccccc3)cs2)ccc1O. The van der Waals surface area contributed by atoms with Crippen LogP contribution in [0.2, 0.25) is 0 Å². The molecule has 0 fully saturated rings. The molecule has 0 saturated heterocycles. The molecule has 5 heteroatoms. The highest BCUT2D eigenvalue weighted by Crippen LogP contribution is 2.30. The van der Waals surface area contributed by atoms with Gasteiger partial charge in [-0.1, -0.05) is 36.4 Å². The van der Waals surface area contributed by atoms with Crippen molar-refractivity contribution in [1.29, 1.82) is 5.26 Å². The quantitative estimate of drug-likeness (QED) is 0.661. The number of allylic oxidation sites excluding steroid dienone is 1. The van der Waals surface area contributed by atoms with Gasteiger partial charge in [0.1, 0.15) is 11.1 Å². The summed E-state index contributed by atoms with van der Waals surface area (Å²) in [7, 11) is 0. The molecule has 0 bridgehead atoms. The van der Waals surface area contributed by atoms with Gasteiger partial charge in [0.2, 0.25) is 0 Å². The van der Waals surface area contributed by atoms with Crippen molar-refractivity contribution < 1.29 is 9.84 Å². The van der Waals surface area contributed by atoms with Crippen LogP contribution in [0.15, 0.2) is 53.9 Å². The van der Waals surface area contributed by atoms with E-state index in [1.807, 2.05) is 42.6 Å². The Kier molecular flexibility index (Phi) is 5.12. The number of hydrogen-bond acceptors (Lipinski definition) is 5. The Morgan fingerprint density at radius 1 is 1.28 bits per heavy atom. The van der Waals surface area contributed by atoms with E-state index in [2.05, 4.69) is 11.1 Å². The molecule has 0 atom stereocenters. The Hall–Kier alpha value is -3.10. The normalized spacial score (nSPS) is 11.1. The Bertz CT molecular complexity index is 940. The summed E-state index contributed by atoms with van der Waals surface area (Å²) in [5.41, 5.74) is 3.11. The van der Waals surface area contributed by atoms with E-state index in [1.165, 1.54) is 11.3 Å². The number of nitriles is 1. The van der Waals surface area contributed by atoms with Gasteiger partial charge in [-0.2, -0.15) is 5.26 Å². The lowest BCUT2D eigenvalue weighted by Crippen LogP contribution is -1.92. The van der Waals surface area contributed by atoms with Crippen LogP contribution >= 0.6 is 11.3 Å². The van der Waals surface area contributed by atoms with Crippen molar-refractivity contribution >= 4 is 23.0 Å². The first-order valence-corrected chi connectivity index (χ1v) is 8.68. The number of phenols is 1. The van der Waals surface area contributed by atoms with E-state index in [0.29, 0.717) is 22.9 Å². The topological polar surface area (TPSA) is 66.1 Å². The number of aromatic nitrogens is 1. The molecule has 0 spiro atoms. The monoisotopic (exact) mass is 348 g/mol. The lowest BCUT2D eigenvalue weighted by molar-refractivity contribution is 0.318. The molecule has 3 rings (SSSR count). The van der Waals surface area contributed by atoms with Gasteiger partial charge in [-0.25, -0.2) is 4.98 Å². The van der Waals surface area contributed by atoms with E-state index >= 15 is 0 Å². The van der Waals surface area contributed by atoms with Crippen molar-refractivity contribution in [3.05, 3.63) is 64.5 Å². The van der Waals surface area contributed by atoms with E-state index in [9.17, 15) is 10.4 Å². The van der Waals surface area contributed by atoms with Gasteiger partial charge in [0.25, 0.3) is 0 Å². The predicted octanol–water partition coefficient (Wildman–Crippen LogP) is 4.98. The van der Waals surface area contributed by atoms with Gasteiger partial charge in [-0.05, 0) is 30.7 Å². The third-order valence-electron chi connectivity index (χ3n) is 3.52. The first kappa shape index (κ1) is 16.7. The molecular formula is C20H16N2O2S. The van der Waals surface area contributed by atoms with Crippen LogP contribution in [0.5, 0.6) is 11.5 Å². The third-order valence-corrected chi connectivity index (χ3v) is 4.39. The minimum absolute atomic E-state index is 0.0816. The van der Waals surface area contributed by atoms with E-state index in [1.54, 1.807) is 24.3 Å². The lowest BCUT2D eigenvalue weighted by Gasteiger charge is -2.06. The summed E-state index contributed by atoms with van der Waals surface area (Å²) in [4.78, 5) is 4.57. The molecule has 1 N–H and O–H groups in total. The summed E-state index contributed by atoms with van der Waals surface area (Å²) in [6, 6.07) is 17.1. The zero-order valence-electron chi connectivity index (χ0n) is 13.6. The molecule has 0 unspecified atom stereocenters. The minimum Gasteiger partial charge on any atom is -0.504 e. The van der Waals surface area contributed by atoms with Crippen LogP contribution in [0.4, 0.5) is 0 Å². The van der Waals surface area contributed by atoms with Gasteiger partial charge in [0, 0.05) is 10.9 Å². The molecule has 124 valence electrons. The van der Waals surface area contributed by atoms with Crippen molar-refractivity contribution in [2.45, 2.75) is 6.92 Å².